The Labute approximate surface area is 219 Å². The summed E-state index contributed by atoms with van der Waals surface area (Å²) in [7, 11) is 0. The van der Waals surface area contributed by atoms with Gasteiger partial charge in [-0.1, -0.05) is 18.2 Å². The van der Waals surface area contributed by atoms with E-state index in [1.54, 1.807) is 59.4 Å². The molecule has 0 unspecified atom stereocenters. The maximum absolute atomic E-state index is 14.0. The maximum atomic E-state index is 14.0. The third kappa shape index (κ3) is 5.29. The number of nitrogens with one attached hydrogen (secondary N) is 2. The zero-order chi connectivity index (χ0) is 26.5. The number of fused-ring (bicyclic) bond motifs is 1. The standard InChI is InChI=1S/C30H27FN4O3/c1-3-37-28-15-13-23(18-29(28)38-4-2)34-30(36)20-8-7-9-24(17-20)35-27-14-12-22(16-21(27)19-32-35)33-26-11-6-5-10-25(26)31/h5-19,33H,3-4H2,1-2H3,(H,34,36). The predicted octanol–water partition coefficient (Wildman–Crippen LogP) is 6.96. The molecule has 0 fully saturated rings. The summed E-state index contributed by atoms with van der Waals surface area (Å²) in [5, 5.41) is 11.4. The molecule has 38 heavy (non-hydrogen) atoms. The number of hydrogen-bond acceptors (Lipinski definition) is 5. The second-order valence-corrected chi connectivity index (χ2v) is 8.47. The van der Waals surface area contributed by atoms with E-state index < -0.39 is 0 Å². The average molecular weight is 511 g/mol. The van der Waals surface area contributed by atoms with Crippen molar-refractivity contribution >= 4 is 33.9 Å². The molecular weight excluding hydrogens is 483 g/mol. The Hall–Kier alpha value is -4.85. The van der Waals surface area contributed by atoms with Crippen molar-refractivity contribution in [2.24, 2.45) is 0 Å². The summed E-state index contributed by atoms with van der Waals surface area (Å²) < 4.78 is 27.1. The second kappa shape index (κ2) is 11.0. The summed E-state index contributed by atoms with van der Waals surface area (Å²) in [6.45, 7) is 4.80. The topological polar surface area (TPSA) is 77.4 Å². The Bertz CT molecular complexity index is 1600. The monoisotopic (exact) mass is 510 g/mol. The number of nitrogens with zero attached hydrogens (tertiary/aromatic N) is 2. The van der Waals surface area contributed by atoms with Gasteiger partial charge in [-0.05, 0) is 74.5 Å². The summed E-state index contributed by atoms with van der Waals surface area (Å²) in [4.78, 5) is 13.1. The van der Waals surface area contributed by atoms with Crippen LogP contribution in [0.25, 0.3) is 16.6 Å². The van der Waals surface area contributed by atoms with Gasteiger partial charge in [-0.3, -0.25) is 4.79 Å². The van der Waals surface area contributed by atoms with E-state index >= 15 is 0 Å². The lowest BCUT2D eigenvalue weighted by Crippen LogP contribution is -2.13. The lowest BCUT2D eigenvalue weighted by Gasteiger charge is -2.13. The zero-order valence-corrected chi connectivity index (χ0v) is 21.1. The molecule has 192 valence electrons. The van der Waals surface area contributed by atoms with Crippen molar-refractivity contribution in [2.45, 2.75) is 13.8 Å². The number of aromatic nitrogens is 2. The van der Waals surface area contributed by atoms with Gasteiger partial charge in [0, 0.05) is 28.4 Å². The number of para-hydroxylation sites is 1. The van der Waals surface area contributed by atoms with Gasteiger partial charge in [-0.25, -0.2) is 9.07 Å². The highest BCUT2D eigenvalue weighted by Gasteiger charge is 2.13. The van der Waals surface area contributed by atoms with Crippen LogP contribution in [0.5, 0.6) is 11.5 Å². The molecule has 0 aliphatic carbocycles. The summed E-state index contributed by atoms with van der Waals surface area (Å²) in [5.74, 6) is 0.629. The quantitative estimate of drug-likeness (QED) is 0.224. The summed E-state index contributed by atoms with van der Waals surface area (Å²) in [6.07, 6.45) is 1.74. The van der Waals surface area contributed by atoms with Gasteiger partial charge in [0.05, 0.1) is 36.3 Å². The normalized spacial score (nSPS) is 10.8. The summed E-state index contributed by atoms with van der Waals surface area (Å²) in [6, 6.07) is 24.8. The van der Waals surface area contributed by atoms with Crippen LogP contribution in [0.4, 0.5) is 21.5 Å². The lowest BCUT2D eigenvalue weighted by molar-refractivity contribution is 0.102. The first-order valence-electron chi connectivity index (χ1n) is 12.4. The highest BCUT2D eigenvalue weighted by Crippen LogP contribution is 2.31. The smallest absolute Gasteiger partial charge is 0.255 e. The Morgan fingerprint density at radius 3 is 2.47 bits per heavy atom. The minimum atomic E-state index is -0.322. The van der Waals surface area contributed by atoms with E-state index in [4.69, 9.17) is 9.47 Å². The largest absolute Gasteiger partial charge is 0.490 e. The number of carbonyl (C=O) groups excluding carboxylic acids is 1. The van der Waals surface area contributed by atoms with Gasteiger partial charge < -0.3 is 20.1 Å². The Morgan fingerprint density at radius 1 is 0.868 bits per heavy atom. The molecule has 5 rings (SSSR count). The van der Waals surface area contributed by atoms with Gasteiger partial charge in [0.25, 0.3) is 5.91 Å². The van der Waals surface area contributed by atoms with Crippen LogP contribution in [0.15, 0.2) is 91.1 Å². The molecule has 8 heteroatoms. The van der Waals surface area contributed by atoms with Crippen molar-refractivity contribution in [1.82, 2.24) is 9.78 Å². The average Bonchev–Trinajstić information content (AvgIpc) is 3.35. The molecule has 0 atom stereocenters. The molecular formula is C30H27FN4O3. The molecule has 0 radical (unpaired) electrons. The fourth-order valence-corrected chi connectivity index (χ4v) is 4.15. The number of amides is 1. The third-order valence-electron chi connectivity index (χ3n) is 5.88. The van der Waals surface area contributed by atoms with Crippen molar-refractivity contribution < 1.29 is 18.7 Å². The Kier molecular flexibility index (Phi) is 7.21. The van der Waals surface area contributed by atoms with E-state index in [9.17, 15) is 9.18 Å². The van der Waals surface area contributed by atoms with Crippen LogP contribution in [0.1, 0.15) is 24.2 Å². The molecule has 5 aromatic rings. The maximum Gasteiger partial charge on any atom is 0.255 e. The van der Waals surface area contributed by atoms with Crippen molar-refractivity contribution in [3.8, 4) is 17.2 Å². The molecule has 0 saturated carbocycles. The van der Waals surface area contributed by atoms with E-state index in [0.29, 0.717) is 41.7 Å². The Balaban J connectivity index is 1.37. The first-order valence-corrected chi connectivity index (χ1v) is 12.4. The van der Waals surface area contributed by atoms with Crippen molar-refractivity contribution in [2.75, 3.05) is 23.8 Å². The van der Waals surface area contributed by atoms with E-state index in [2.05, 4.69) is 15.7 Å². The first kappa shape index (κ1) is 24.8. The fraction of sp³-hybridized carbons (Fsp3) is 0.133. The lowest BCUT2D eigenvalue weighted by atomic mass is 10.1. The van der Waals surface area contributed by atoms with E-state index in [1.165, 1.54) is 6.07 Å². The van der Waals surface area contributed by atoms with Gasteiger partial charge in [-0.15, -0.1) is 0 Å². The number of rotatable bonds is 9. The SMILES string of the molecule is CCOc1ccc(NC(=O)c2cccc(-n3ncc4cc(Nc5ccccc5F)ccc43)c2)cc1OCC. The van der Waals surface area contributed by atoms with Crippen LogP contribution in [0.2, 0.25) is 0 Å². The highest BCUT2D eigenvalue weighted by atomic mass is 19.1. The van der Waals surface area contributed by atoms with E-state index in [1.807, 2.05) is 44.2 Å². The molecule has 1 amide bonds. The predicted molar refractivity (Wildman–Crippen MR) is 147 cm³/mol. The number of halogens is 1. The van der Waals surface area contributed by atoms with Crippen LogP contribution < -0.4 is 20.1 Å². The summed E-state index contributed by atoms with van der Waals surface area (Å²) in [5.41, 5.74) is 3.83. The van der Waals surface area contributed by atoms with Gasteiger partial charge >= 0.3 is 0 Å². The molecule has 0 spiro atoms. The zero-order valence-electron chi connectivity index (χ0n) is 21.1. The van der Waals surface area contributed by atoms with Crippen LogP contribution in [0.3, 0.4) is 0 Å². The summed E-state index contributed by atoms with van der Waals surface area (Å²) >= 11 is 0. The molecule has 0 aliphatic rings. The van der Waals surface area contributed by atoms with Crippen molar-refractivity contribution in [3.63, 3.8) is 0 Å². The molecule has 0 saturated heterocycles. The van der Waals surface area contributed by atoms with Crippen molar-refractivity contribution in [3.05, 3.63) is 103 Å². The number of anilines is 3. The van der Waals surface area contributed by atoms with Crippen LogP contribution >= 0.6 is 0 Å². The second-order valence-electron chi connectivity index (χ2n) is 8.47. The molecule has 1 heterocycles. The van der Waals surface area contributed by atoms with E-state index in [0.717, 1.165) is 22.3 Å². The number of benzene rings is 4. The van der Waals surface area contributed by atoms with Gasteiger partial charge in [0.2, 0.25) is 0 Å². The number of carbonyl (C=O) groups is 1. The van der Waals surface area contributed by atoms with Crippen LogP contribution in [0, 0.1) is 5.82 Å². The van der Waals surface area contributed by atoms with E-state index in [-0.39, 0.29) is 11.7 Å². The molecule has 2 N–H and O–H groups in total. The number of ether oxygens (including phenoxy) is 2. The molecule has 0 bridgehead atoms. The minimum absolute atomic E-state index is 0.258. The third-order valence-corrected chi connectivity index (χ3v) is 5.88. The molecule has 0 aliphatic heterocycles. The molecule has 4 aromatic carbocycles. The first-order chi connectivity index (χ1) is 18.6. The van der Waals surface area contributed by atoms with Gasteiger partial charge in [0.15, 0.2) is 11.5 Å². The van der Waals surface area contributed by atoms with Gasteiger partial charge in [0.1, 0.15) is 5.82 Å². The van der Waals surface area contributed by atoms with Crippen molar-refractivity contribution in [1.29, 1.82) is 0 Å². The molecule has 1 aromatic heterocycles. The highest BCUT2D eigenvalue weighted by molar-refractivity contribution is 6.04. The number of hydrogen-bond donors (Lipinski definition) is 2. The van der Waals surface area contributed by atoms with Crippen LogP contribution in [-0.4, -0.2) is 28.9 Å². The minimum Gasteiger partial charge on any atom is -0.490 e. The molecule has 7 nitrogen and oxygen atoms in total. The fourth-order valence-electron chi connectivity index (χ4n) is 4.15. The van der Waals surface area contributed by atoms with Crippen LogP contribution in [-0.2, 0) is 0 Å². The Morgan fingerprint density at radius 2 is 1.66 bits per heavy atom. The van der Waals surface area contributed by atoms with Gasteiger partial charge in [-0.2, -0.15) is 5.10 Å².